The van der Waals surface area contributed by atoms with Gasteiger partial charge in [0.15, 0.2) is 0 Å². The topological polar surface area (TPSA) is 46.9 Å². The number of amides is 1. The number of aromatic nitrogens is 2. The van der Waals surface area contributed by atoms with E-state index in [9.17, 15) is 4.79 Å². The largest absolute Gasteiger partial charge is 0.280 e. The minimum Gasteiger partial charge on any atom is -0.266 e. The number of thiophene rings is 1. The summed E-state index contributed by atoms with van der Waals surface area (Å²) in [6, 6.07) is 9.76. The number of carbonyl (C=O) groups is 1. The predicted octanol–water partition coefficient (Wildman–Crippen LogP) is 4.00. The smallest absolute Gasteiger partial charge is 0.266 e. The highest BCUT2D eigenvalue weighted by molar-refractivity contribution is 7.14. The Bertz CT molecular complexity index is 803. The molecule has 0 saturated heterocycles. The SMILES string of the molecule is CCCc1sc(C(=O)Nn2cnc3ccccc32)cc1CC. The summed E-state index contributed by atoms with van der Waals surface area (Å²) in [5, 5.41) is 0. The lowest BCUT2D eigenvalue weighted by molar-refractivity contribution is 0.101. The molecular weight excluding hydrogens is 294 g/mol. The highest BCUT2D eigenvalue weighted by Crippen LogP contribution is 2.25. The maximum Gasteiger partial charge on any atom is 0.280 e. The van der Waals surface area contributed by atoms with Crippen molar-refractivity contribution >= 4 is 28.3 Å². The van der Waals surface area contributed by atoms with Crippen molar-refractivity contribution in [2.45, 2.75) is 33.1 Å². The molecule has 0 aliphatic carbocycles. The standard InChI is InChI=1S/C17H19N3OS/c1-3-7-15-12(4-2)10-16(22-15)17(21)19-20-11-18-13-8-5-6-9-14(13)20/h5-6,8-11H,3-4,7H2,1-2H3,(H,19,21). The normalized spacial score (nSPS) is 11.0. The first-order valence-corrected chi connectivity index (χ1v) is 8.39. The summed E-state index contributed by atoms with van der Waals surface area (Å²) >= 11 is 1.60. The Morgan fingerprint density at radius 2 is 2.14 bits per heavy atom. The van der Waals surface area contributed by atoms with Gasteiger partial charge in [-0.15, -0.1) is 11.3 Å². The fourth-order valence-electron chi connectivity index (χ4n) is 2.53. The van der Waals surface area contributed by atoms with Gasteiger partial charge in [-0.05, 0) is 36.6 Å². The number of rotatable bonds is 5. The number of hydrogen-bond donors (Lipinski definition) is 1. The Kier molecular flexibility index (Phi) is 4.24. The zero-order valence-electron chi connectivity index (χ0n) is 12.8. The molecule has 1 N–H and O–H groups in total. The molecule has 0 aliphatic heterocycles. The first kappa shape index (κ1) is 14.8. The first-order valence-electron chi connectivity index (χ1n) is 7.58. The number of para-hydroxylation sites is 2. The summed E-state index contributed by atoms with van der Waals surface area (Å²) in [6.07, 6.45) is 4.74. The van der Waals surface area contributed by atoms with Crippen LogP contribution in [0.2, 0.25) is 0 Å². The van der Waals surface area contributed by atoms with E-state index < -0.39 is 0 Å². The molecule has 0 fully saturated rings. The Hall–Kier alpha value is -2.14. The van der Waals surface area contributed by atoms with E-state index in [1.165, 1.54) is 10.4 Å². The molecule has 0 saturated carbocycles. The number of nitrogens with zero attached hydrogens (tertiary/aromatic N) is 2. The quantitative estimate of drug-likeness (QED) is 0.774. The lowest BCUT2D eigenvalue weighted by Gasteiger charge is -2.05. The van der Waals surface area contributed by atoms with Crippen LogP contribution >= 0.6 is 11.3 Å². The van der Waals surface area contributed by atoms with Crippen LogP contribution in [0.1, 0.15) is 40.4 Å². The molecule has 0 aliphatic rings. The molecule has 5 heteroatoms. The predicted molar refractivity (Wildman–Crippen MR) is 91.1 cm³/mol. The van der Waals surface area contributed by atoms with E-state index in [2.05, 4.69) is 24.3 Å². The lowest BCUT2D eigenvalue weighted by Crippen LogP contribution is -2.21. The van der Waals surface area contributed by atoms with Gasteiger partial charge in [0.2, 0.25) is 0 Å². The molecule has 1 amide bonds. The molecule has 0 bridgehead atoms. The van der Waals surface area contributed by atoms with Gasteiger partial charge >= 0.3 is 0 Å². The molecule has 0 atom stereocenters. The molecule has 1 aromatic carbocycles. The first-order chi connectivity index (χ1) is 10.7. The van der Waals surface area contributed by atoms with Crippen molar-refractivity contribution in [3.8, 4) is 0 Å². The minimum absolute atomic E-state index is 0.0785. The molecule has 0 radical (unpaired) electrons. The number of nitrogens with one attached hydrogen (secondary N) is 1. The third-order valence-corrected chi connectivity index (χ3v) is 4.89. The van der Waals surface area contributed by atoms with E-state index in [0.29, 0.717) is 0 Å². The van der Waals surface area contributed by atoms with Crippen LogP contribution < -0.4 is 5.43 Å². The van der Waals surface area contributed by atoms with Crippen LogP contribution in [0.3, 0.4) is 0 Å². The van der Waals surface area contributed by atoms with Crippen molar-refractivity contribution in [3.05, 3.63) is 52.0 Å². The maximum atomic E-state index is 12.5. The third kappa shape index (κ3) is 2.76. The summed E-state index contributed by atoms with van der Waals surface area (Å²) in [6.45, 7) is 4.29. The van der Waals surface area contributed by atoms with Crippen LogP contribution in [0.5, 0.6) is 0 Å². The van der Waals surface area contributed by atoms with Crippen LogP contribution in [0.15, 0.2) is 36.7 Å². The number of fused-ring (bicyclic) bond motifs is 1. The Morgan fingerprint density at radius 3 is 2.91 bits per heavy atom. The van der Waals surface area contributed by atoms with Gasteiger partial charge in [0, 0.05) is 4.88 Å². The van der Waals surface area contributed by atoms with E-state index in [-0.39, 0.29) is 5.91 Å². The van der Waals surface area contributed by atoms with Crippen molar-refractivity contribution in [3.63, 3.8) is 0 Å². The second kappa shape index (κ2) is 6.32. The Morgan fingerprint density at radius 1 is 1.32 bits per heavy atom. The molecule has 0 unspecified atom stereocenters. The van der Waals surface area contributed by atoms with Crippen LogP contribution in [-0.2, 0) is 12.8 Å². The van der Waals surface area contributed by atoms with Crippen LogP contribution in [0.4, 0.5) is 0 Å². The average molecular weight is 313 g/mol. The maximum absolute atomic E-state index is 12.5. The second-order valence-electron chi connectivity index (χ2n) is 5.21. The van der Waals surface area contributed by atoms with E-state index in [4.69, 9.17) is 0 Å². The fraction of sp³-hybridized carbons (Fsp3) is 0.294. The molecule has 3 rings (SSSR count). The molecule has 0 spiro atoms. The van der Waals surface area contributed by atoms with Gasteiger partial charge in [-0.3, -0.25) is 10.2 Å². The van der Waals surface area contributed by atoms with Crippen molar-refractivity contribution in [2.24, 2.45) is 0 Å². The van der Waals surface area contributed by atoms with E-state index in [0.717, 1.165) is 35.2 Å². The molecule has 2 aromatic heterocycles. The second-order valence-corrected chi connectivity index (χ2v) is 6.34. The van der Waals surface area contributed by atoms with Gasteiger partial charge in [0.25, 0.3) is 5.91 Å². The Labute approximate surface area is 133 Å². The number of carbonyl (C=O) groups excluding carboxylic acids is 1. The van der Waals surface area contributed by atoms with E-state index >= 15 is 0 Å². The zero-order chi connectivity index (χ0) is 15.5. The molecule has 2 heterocycles. The molecule has 22 heavy (non-hydrogen) atoms. The van der Waals surface area contributed by atoms with Crippen molar-refractivity contribution < 1.29 is 4.79 Å². The third-order valence-electron chi connectivity index (χ3n) is 3.65. The van der Waals surface area contributed by atoms with Gasteiger partial charge in [-0.25, -0.2) is 9.66 Å². The molecule has 3 aromatic rings. The van der Waals surface area contributed by atoms with Gasteiger partial charge in [-0.1, -0.05) is 32.4 Å². The minimum atomic E-state index is -0.0785. The van der Waals surface area contributed by atoms with Crippen LogP contribution in [0, 0.1) is 0 Å². The fourth-order valence-corrected chi connectivity index (χ4v) is 3.77. The average Bonchev–Trinajstić information content (AvgIpc) is 3.12. The van der Waals surface area contributed by atoms with Gasteiger partial charge < -0.3 is 0 Å². The van der Waals surface area contributed by atoms with E-state index in [1.54, 1.807) is 22.3 Å². The van der Waals surface area contributed by atoms with Crippen molar-refractivity contribution in [1.82, 2.24) is 9.66 Å². The number of imidazole rings is 1. The summed E-state index contributed by atoms with van der Waals surface area (Å²) in [7, 11) is 0. The highest BCUT2D eigenvalue weighted by atomic mass is 32.1. The lowest BCUT2D eigenvalue weighted by atomic mass is 10.1. The van der Waals surface area contributed by atoms with Gasteiger partial charge in [-0.2, -0.15) is 0 Å². The van der Waals surface area contributed by atoms with Crippen LogP contribution in [-0.4, -0.2) is 15.6 Å². The van der Waals surface area contributed by atoms with Gasteiger partial charge in [0.1, 0.15) is 6.33 Å². The molecular formula is C17H19N3OS. The van der Waals surface area contributed by atoms with Crippen molar-refractivity contribution in [2.75, 3.05) is 5.43 Å². The summed E-state index contributed by atoms with van der Waals surface area (Å²) in [5.74, 6) is -0.0785. The summed E-state index contributed by atoms with van der Waals surface area (Å²) in [5.41, 5.74) is 5.97. The molecule has 114 valence electrons. The Balaban J connectivity index is 1.85. The molecule has 4 nitrogen and oxygen atoms in total. The van der Waals surface area contributed by atoms with Gasteiger partial charge in [0.05, 0.1) is 15.9 Å². The van der Waals surface area contributed by atoms with E-state index in [1.807, 2.05) is 30.3 Å². The van der Waals surface area contributed by atoms with Crippen molar-refractivity contribution in [1.29, 1.82) is 0 Å². The summed E-state index contributed by atoms with van der Waals surface area (Å²) in [4.78, 5) is 18.9. The number of benzene rings is 1. The number of aryl methyl sites for hydroxylation is 2. The van der Waals surface area contributed by atoms with Crippen LogP contribution in [0.25, 0.3) is 11.0 Å². The zero-order valence-corrected chi connectivity index (χ0v) is 13.6. The highest BCUT2D eigenvalue weighted by Gasteiger charge is 2.14. The number of hydrogen-bond acceptors (Lipinski definition) is 3. The monoisotopic (exact) mass is 313 g/mol. The summed E-state index contributed by atoms with van der Waals surface area (Å²) < 4.78 is 1.68.